The van der Waals surface area contributed by atoms with Crippen LogP contribution in [0, 0.1) is 0 Å². The predicted molar refractivity (Wildman–Crippen MR) is 76.0 cm³/mol. The molecule has 1 unspecified atom stereocenters. The molecular weight excluding hydrogens is 267 g/mol. The van der Waals surface area contributed by atoms with Crippen molar-refractivity contribution in [1.29, 1.82) is 0 Å². The van der Waals surface area contributed by atoms with Crippen LogP contribution in [-0.2, 0) is 18.3 Å². The number of hydrogen-bond acceptors (Lipinski definition) is 4. The first-order chi connectivity index (χ1) is 9.12. The molecule has 1 atom stereocenters. The van der Waals surface area contributed by atoms with Crippen LogP contribution in [-0.4, -0.2) is 24.9 Å². The van der Waals surface area contributed by atoms with E-state index in [1.54, 1.807) is 0 Å². The molecule has 0 aliphatic rings. The zero-order valence-corrected chi connectivity index (χ0v) is 13.2. The van der Waals surface area contributed by atoms with Crippen molar-refractivity contribution < 1.29 is 23.2 Å². The van der Waals surface area contributed by atoms with Crippen molar-refractivity contribution in [2.24, 2.45) is 0 Å². The lowest BCUT2D eigenvalue weighted by Gasteiger charge is -2.12. The van der Waals surface area contributed by atoms with E-state index in [0.717, 1.165) is 25.7 Å². The molecule has 0 saturated carbocycles. The van der Waals surface area contributed by atoms with Gasteiger partial charge in [-0.3, -0.25) is 9.05 Å². The fourth-order valence-electron chi connectivity index (χ4n) is 1.58. The van der Waals surface area contributed by atoms with Gasteiger partial charge in [0.15, 0.2) is 6.79 Å². The predicted octanol–water partition coefficient (Wildman–Crippen LogP) is 4.25. The van der Waals surface area contributed by atoms with Gasteiger partial charge in [0.1, 0.15) is 0 Å². The number of phosphoric acid groups is 1. The quantitative estimate of drug-likeness (QED) is 0.295. The van der Waals surface area contributed by atoms with Crippen LogP contribution in [0.15, 0.2) is 0 Å². The molecular formula is C13H29O5P. The highest BCUT2D eigenvalue weighted by Gasteiger charge is 2.20. The zero-order chi connectivity index (χ0) is 14.4. The Bertz CT molecular complexity index is 235. The Morgan fingerprint density at radius 3 is 2.11 bits per heavy atom. The molecule has 0 aromatic carbocycles. The summed E-state index contributed by atoms with van der Waals surface area (Å²) in [6.07, 6.45) is 8.84. The molecule has 0 rings (SSSR count). The molecule has 116 valence electrons. The van der Waals surface area contributed by atoms with Gasteiger partial charge in [0.25, 0.3) is 0 Å². The van der Waals surface area contributed by atoms with Crippen molar-refractivity contribution in [3.8, 4) is 0 Å². The fraction of sp³-hybridized carbons (Fsp3) is 1.00. The van der Waals surface area contributed by atoms with Crippen molar-refractivity contribution in [2.75, 3.05) is 20.0 Å². The lowest BCUT2D eigenvalue weighted by Crippen LogP contribution is -2.02. The van der Waals surface area contributed by atoms with Gasteiger partial charge in [0, 0.05) is 6.61 Å². The van der Waals surface area contributed by atoms with E-state index in [4.69, 9.17) is 9.26 Å². The molecule has 0 radical (unpaired) electrons. The van der Waals surface area contributed by atoms with Crippen LogP contribution in [0.5, 0.6) is 0 Å². The summed E-state index contributed by atoms with van der Waals surface area (Å²) in [4.78, 5) is 9.32. The van der Waals surface area contributed by atoms with Crippen LogP contribution < -0.4 is 0 Å². The standard InChI is InChI=1S/C13H29O5P/c1-3-5-6-7-8-9-10-12-17-19(14,15)18-13-16-11-4-2/h3-13H2,1-2H3,(H,14,15). The minimum absolute atomic E-state index is 0.196. The van der Waals surface area contributed by atoms with Crippen LogP contribution in [0.2, 0.25) is 0 Å². The summed E-state index contributed by atoms with van der Waals surface area (Å²) in [6, 6.07) is 0. The topological polar surface area (TPSA) is 65.0 Å². The van der Waals surface area contributed by atoms with Gasteiger partial charge in [-0.1, -0.05) is 52.4 Å². The average Bonchev–Trinajstić information content (AvgIpc) is 2.38. The van der Waals surface area contributed by atoms with E-state index in [1.165, 1.54) is 25.7 Å². The van der Waals surface area contributed by atoms with Gasteiger partial charge < -0.3 is 9.63 Å². The lowest BCUT2D eigenvalue weighted by molar-refractivity contribution is -0.00763. The van der Waals surface area contributed by atoms with Crippen molar-refractivity contribution >= 4 is 7.82 Å². The first kappa shape index (κ1) is 19.1. The summed E-state index contributed by atoms with van der Waals surface area (Å²) in [5.41, 5.74) is 0. The second-order valence-corrected chi connectivity index (χ2v) is 6.03. The molecule has 6 heteroatoms. The molecule has 0 amide bonds. The normalized spacial score (nSPS) is 14.5. The summed E-state index contributed by atoms with van der Waals surface area (Å²) < 4.78 is 25.9. The molecule has 0 aliphatic carbocycles. The zero-order valence-electron chi connectivity index (χ0n) is 12.3. The van der Waals surface area contributed by atoms with Crippen LogP contribution in [0.3, 0.4) is 0 Å². The lowest BCUT2D eigenvalue weighted by atomic mass is 10.1. The van der Waals surface area contributed by atoms with Crippen LogP contribution in [0.1, 0.15) is 65.2 Å². The maximum absolute atomic E-state index is 11.4. The second-order valence-electron chi connectivity index (χ2n) is 4.58. The largest absolute Gasteiger partial charge is 0.474 e. The van der Waals surface area contributed by atoms with Gasteiger partial charge in [-0.25, -0.2) is 4.57 Å². The van der Waals surface area contributed by atoms with Gasteiger partial charge in [0.05, 0.1) is 6.61 Å². The summed E-state index contributed by atoms with van der Waals surface area (Å²) in [6.45, 7) is 4.72. The SMILES string of the molecule is CCCCCCCCCOP(=O)(O)OCOCCC. The molecule has 5 nitrogen and oxygen atoms in total. The first-order valence-electron chi connectivity index (χ1n) is 7.32. The first-order valence-corrected chi connectivity index (χ1v) is 8.81. The number of phosphoric ester groups is 1. The number of hydrogen-bond donors (Lipinski definition) is 1. The molecule has 0 aromatic rings. The smallest absolute Gasteiger partial charge is 0.355 e. The van der Waals surface area contributed by atoms with Gasteiger partial charge in [-0.15, -0.1) is 0 Å². The molecule has 0 heterocycles. The highest BCUT2D eigenvalue weighted by molar-refractivity contribution is 7.47. The molecule has 0 bridgehead atoms. The van der Waals surface area contributed by atoms with Gasteiger partial charge in [-0.2, -0.15) is 0 Å². The Labute approximate surface area is 117 Å². The summed E-state index contributed by atoms with van der Waals surface area (Å²) in [5, 5.41) is 0. The number of ether oxygens (including phenoxy) is 1. The van der Waals surface area contributed by atoms with E-state index in [0.29, 0.717) is 6.61 Å². The van der Waals surface area contributed by atoms with E-state index in [2.05, 4.69) is 11.4 Å². The Morgan fingerprint density at radius 2 is 1.47 bits per heavy atom. The third kappa shape index (κ3) is 14.3. The molecule has 0 aromatic heterocycles. The number of unbranched alkanes of at least 4 members (excludes halogenated alkanes) is 6. The van der Waals surface area contributed by atoms with Crippen LogP contribution in [0.25, 0.3) is 0 Å². The Balaban J connectivity index is 3.35. The minimum Gasteiger partial charge on any atom is -0.355 e. The maximum atomic E-state index is 11.4. The molecule has 1 N–H and O–H groups in total. The van der Waals surface area contributed by atoms with Crippen molar-refractivity contribution in [2.45, 2.75) is 65.2 Å². The van der Waals surface area contributed by atoms with E-state index in [-0.39, 0.29) is 13.4 Å². The molecule has 0 aliphatic heterocycles. The maximum Gasteiger partial charge on any atom is 0.474 e. The van der Waals surface area contributed by atoms with E-state index in [9.17, 15) is 9.46 Å². The van der Waals surface area contributed by atoms with E-state index >= 15 is 0 Å². The Morgan fingerprint density at radius 1 is 0.842 bits per heavy atom. The molecule has 0 fully saturated rings. The Hall–Kier alpha value is 0.0700. The second kappa shape index (κ2) is 13.1. The van der Waals surface area contributed by atoms with E-state index < -0.39 is 7.82 Å². The van der Waals surface area contributed by atoms with Crippen LogP contribution >= 0.6 is 7.82 Å². The van der Waals surface area contributed by atoms with Crippen molar-refractivity contribution in [3.05, 3.63) is 0 Å². The van der Waals surface area contributed by atoms with Crippen molar-refractivity contribution in [1.82, 2.24) is 0 Å². The third-order valence-corrected chi connectivity index (χ3v) is 3.59. The molecule has 19 heavy (non-hydrogen) atoms. The van der Waals surface area contributed by atoms with Gasteiger partial charge >= 0.3 is 7.82 Å². The Kier molecular flexibility index (Phi) is 13.1. The monoisotopic (exact) mass is 296 g/mol. The fourth-order valence-corrected chi connectivity index (χ4v) is 2.23. The molecule has 0 saturated heterocycles. The number of rotatable bonds is 14. The van der Waals surface area contributed by atoms with Crippen molar-refractivity contribution in [3.63, 3.8) is 0 Å². The third-order valence-electron chi connectivity index (χ3n) is 2.65. The highest BCUT2D eigenvalue weighted by Crippen LogP contribution is 2.43. The van der Waals surface area contributed by atoms with Gasteiger partial charge in [0.2, 0.25) is 0 Å². The average molecular weight is 296 g/mol. The van der Waals surface area contributed by atoms with Gasteiger partial charge in [-0.05, 0) is 12.8 Å². The minimum atomic E-state index is -3.92. The summed E-state index contributed by atoms with van der Waals surface area (Å²) in [5.74, 6) is 0. The summed E-state index contributed by atoms with van der Waals surface area (Å²) in [7, 11) is -3.92. The van der Waals surface area contributed by atoms with E-state index in [1.807, 2.05) is 6.92 Å². The van der Waals surface area contributed by atoms with Crippen LogP contribution in [0.4, 0.5) is 0 Å². The summed E-state index contributed by atoms with van der Waals surface area (Å²) >= 11 is 0. The highest BCUT2D eigenvalue weighted by atomic mass is 31.2. The molecule has 0 spiro atoms.